The number of carbonyl (C=O) groups excluding carboxylic acids is 1. The number of carbonyl (C=O) groups is 1. The van der Waals surface area contributed by atoms with Crippen molar-refractivity contribution in [1.82, 2.24) is 0 Å². The minimum atomic E-state index is -4.29. The molecule has 0 spiro atoms. The summed E-state index contributed by atoms with van der Waals surface area (Å²) in [5, 5.41) is 0. The van der Waals surface area contributed by atoms with E-state index in [4.69, 9.17) is 0 Å². The monoisotopic (exact) mass is 282 g/mol. The van der Waals surface area contributed by atoms with Gasteiger partial charge in [0, 0.05) is 5.56 Å². The molecule has 0 fully saturated rings. The predicted molar refractivity (Wildman–Crippen MR) is 57.2 cm³/mol. The van der Waals surface area contributed by atoms with Crippen LogP contribution in [0.5, 0.6) is 0 Å². The number of benzene rings is 1. The number of halogens is 5. The van der Waals surface area contributed by atoms with Crippen LogP contribution in [-0.2, 0) is 4.74 Å². The summed E-state index contributed by atoms with van der Waals surface area (Å²) in [6.07, 6.45) is -3.85. The second-order valence-electron chi connectivity index (χ2n) is 3.94. The molecule has 0 N–H and O–H groups in total. The van der Waals surface area contributed by atoms with Crippen LogP contribution < -0.4 is 0 Å². The Labute approximate surface area is 106 Å². The molecule has 0 aromatic heterocycles. The SMILES string of the molecule is Cc1cc(F)ccc1C(=O)COCC(F)(F)C(F)F. The number of Topliss-reactive ketones (excluding diaryl/α,β-unsaturated/α-hetero) is 1. The third-order valence-electron chi connectivity index (χ3n) is 2.34. The lowest BCUT2D eigenvalue weighted by atomic mass is 10.1. The Bertz CT molecular complexity index is 459. The molecule has 1 rings (SSSR count). The molecular weight excluding hydrogens is 271 g/mol. The molecule has 0 atom stereocenters. The minimum absolute atomic E-state index is 0.0989. The average Bonchev–Trinajstić information content (AvgIpc) is 2.28. The van der Waals surface area contributed by atoms with Gasteiger partial charge in [-0.2, -0.15) is 8.78 Å². The Morgan fingerprint density at radius 1 is 1.37 bits per heavy atom. The van der Waals surface area contributed by atoms with Crippen molar-refractivity contribution in [2.24, 2.45) is 0 Å². The van der Waals surface area contributed by atoms with Gasteiger partial charge in [-0.25, -0.2) is 13.2 Å². The Morgan fingerprint density at radius 2 is 2.00 bits per heavy atom. The number of alkyl halides is 4. The zero-order valence-corrected chi connectivity index (χ0v) is 9.93. The van der Waals surface area contributed by atoms with Crippen molar-refractivity contribution >= 4 is 5.78 Å². The van der Waals surface area contributed by atoms with Crippen molar-refractivity contribution in [3.8, 4) is 0 Å². The molecule has 0 amide bonds. The van der Waals surface area contributed by atoms with Gasteiger partial charge in [0.25, 0.3) is 0 Å². The smallest absolute Gasteiger partial charge is 0.330 e. The first kappa shape index (κ1) is 15.6. The molecule has 0 unspecified atom stereocenters. The summed E-state index contributed by atoms with van der Waals surface area (Å²) < 4.78 is 65.7. The van der Waals surface area contributed by atoms with Gasteiger partial charge < -0.3 is 4.74 Å². The quantitative estimate of drug-likeness (QED) is 0.591. The van der Waals surface area contributed by atoms with Crippen LogP contribution in [-0.4, -0.2) is 31.3 Å². The summed E-state index contributed by atoms with van der Waals surface area (Å²) in [5.74, 6) is -5.51. The predicted octanol–water partition coefficient (Wildman–Crippen LogP) is 3.23. The maximum atomic E-state index is 12.8. The molecule has 1 aromatic rings. The van der Waals surface area contributed by atoms with E-state index in [-0.39, 0.29) is 5.56 Å². The van der Waals surface area contributed by atoms with Gasteiger partial charge >= 0.3 is 12.3 Å². The molecule has 2 nitrogen and oxygen atoms in total. The third-order valence-corrected chi connectivity index (χ3v) is 2.34. The highest BCUT2D eigenvalue weighted by molar-refractivity contribution is 5.98. The van der Waals surface area contributed by atoms with Crippen LogP contribution in [0.3, 0.4) is 0 Å². The first-order valence-corrected chi connectivity index (χ1v) is 5.27. The van der Waals surface area contributed by atoms with Crippen molar-refractivity contribution < 1.29 is 31.5 Å². The number of rotatable bonds is 6. The fraction of sp³-hybridized carbons (Fsp3) is 0.417. The lowest BCUT2D eigenvalue weighted by molar-refractivity contribution is -0.163. The van der Waals surface area contributed by atoms with E-state index in [2.05, 4.69) is 4.74 Å². The van der Waals surface area contributed by atoms with Crippen molar-refractivity contribution in [3.63, 3.8) is 0 Å². The number of hydrogen-bond acceptors (Lipinski definition) is 2. The summed E-state index contributed by atoms with van der Waals surface area (Å²) in [6, 6.07) is 3.32. The van der Waals surface area contributed by atoms with Crippen molar-refractivity contribution in [1.29, 1.82) is 0 Å². The molecule has 0 aliphatic rings. The number of aryl methyl sites for hydroxylation is 1. The van der Waals surface area contributed by atoms with Gasteiger partial charge in [0.2, 0.25) is 0 Å². The van der Waals surface area contributed by atoms with E-state index >= 15 is 0 Å². The first-order chi connectivity index (χ1) is 8.74. The van der Waals surface area contributed by atoms with E-state index in [1.54, 1.807) is 0 Å². The fourth-order valence-corrected chi connectivity index (χ4v) is 1.36. The highest BCUT2D eigenvalue weighted by Gasteiger charge is 2.41. The maximum Gasteiger partial charge on any atom is 0.330 e. The summed E-state index contributed by atoms with van der Waals surface area (Å²) in [7, 11) is 0. The molecule has 0 radical (unpaired) electrons. The molecule has 19 heavy (non-hydrogen) atoms. The molecular formula is C12H11F5O2. The van der Waals surface area contributed by atoms with Crippen LogP contribution in [0, 0.1) is 12.7 Å². The molecule has 106 valence electrons. The van der Waals surface area contributed by atoms with Crippen LogP contribution in [0.4, 0.5) is 22.0 Å². The van der Waals surface area contributed by atoms with Gasteiger partial charge in [0.15, 0.2) is 5.78 Å². The van der Waals surface area contributed by atoms with Crippen LogP contribution in [0.25, 0.3) is 0 Å². The van der Waals surface area contributed by atoms with Gasteiger partial charge in [-0.15, -0.1) is 0 Å². The van der Waals surface area contributed by atoms with Crippen LogP contribution in [0.15, 0.2) is 18.2 Å². The topological polar surface area (TPSA) is 26.3 Å². The Hall–Kier alpha value is -1.50. The molecule has 0 saturated heterocycles. The van der Waals surface area contributed by atoms with Crippen molar-refractivity contribution in [3.05, 3.63) is 35.1 Å². The zero-order valence-electron chi connectivity index (χ0n) is 9.93. The zero-order chi connectivity index (χ0) is 14.6. The van der Waals surface area contributed by atoms with E-state index in [0.717, 1.165) is 12.1 Å². The van der Waals surface area contributed by atoms with Crippen LogP contribution in [0.2, 0.25) is 0 Å². The molecule has 0 aliphatic heterocycles. The van der Waals surface area contributed by atoms with Gasteiger partial charge in [-0.3, -0.25) is 4.79 Å². The second kappa shape index (κ2) is 6.10. The minimum Gasteiger partial charge on any atom is -0.367 e. The van der Waals surface area contributed by atoms with Gasteiger partial charge in [0.1, 0.15) is 19.0 Å². The number of ether oxygens (including phenoxy) is 1. The van der Waals surface area contributed by atoms with Crippen molar-refractivity contribution in [2.75, 3.05) is 13.2 Å². The fourth-order valence-electron chi connectivity index (χ4n) is 1.36. The molecule has 0 bridgehead atoms. The van der Waals surface area contributed by atoms with Gasteiger partial charge in [-0.05, 0) is 30.7 Å². The molecule has 0 heterocycles. The largest absolute Gasteiger partial charge is 0.367 e. The second-order valence-corrected chi connectivity index (χ2v) is 3.94. The normalized spacial score (nSPS) is 11.9. The molecule has 0 saturated carbocycles. The summed E-state index contributed by atoms with van der Waals surface area (Å²) in [5.41, 5.74) is 0.413. The summed E-state index contributed by atoms with van der Waals surface area (Å²) in [6.45, 7) is -0.852. The van der Waals surface area contributed by atoms with Crippen LogP contribution in [0.1, 0.15) is 15.9 Å². The standard InChI is InChI=1S/C12H11F5O2/c1-7-4-8(13)2-3-9(7)10(18)5-19-6-12(16,17)11(14)15/h2-4,11H,5-6H2,1H3. The van der Waals surface area contributed by atoms with E-state index in [9.17, 15) is 26.7 Å². The Kier molecular flexibility index (Phi) is 4.99. The molecule has 7 heteroatoms. The number of hydrogen-bond donors (Lipinski definition) is 0. The lowest BCUT2D eigenvalue weighted by Gasteiger charge is -2.15. The first-order valence-electron chi connectivity index (χ1n) is 5.27. The lowest BCUT2D eigenvalue weighted by Crippen LogP contribution is -2.33. The average molecular weight is 282 g/mol. The van der Waals surface area contributed by atoms with Crippen LogP contribution >= 0.6 is 0 Å². The van der Waals surface area contributed by atoms with Gasteiger partial charge in [0.05, 0.1) is 0 Å². The Morgan fingerprint density at radius 3 is 2.53 bits per heavy atom. The maximum absolute atomic E-state index is 12.8. The summed E-state index contributed by atoms with van der Waals surface area (Å²) >= 11 is 0. The van der Waals surface area contributed by atoms with E-state index in [1.165, 1.54) is 13.0 Å². The highest BCUT2D eigenvalue weighted by Crippen LogP contribution is 2.23. The third kappa shape index (κ3) is 4.27. The van der Waals surface area contributed by atoms with Crippen molar-refractivity contribution in [2.45, 2.75) is 19.3 Å². The van der Waals surface area contributed by atoms with Gasteiger partial charge in [-0.1, -0.05) is 0 Å². The molecule has 1 aromatic carbocycles. The molecule has 0 aliphatic carbocycles. The van der Waals surface area contributed by atoms with E-state index in [1.807, 2.05) is 0 Å². The highest BCUT2D eigenvalue weighted by atomic mass is 19.3. The Balaban J connectivity index is 2.57. The number of ketones is 1. The van der Waals surface area contributed by atoms with E-state index in [0.29, 0.717) is 5.56 Å². The summed E-state index contributed by atoms with van der Waals surface area (Å²) in [4.78, 5) is 11.6. The van der Waals surface area contributed by atoms with E-state index < -0.39 is 37.2 Å².